The lowest BCUT2D eigenvalue weighted by atomic mass is 10.2. The highest BCUT2D eigenvalue weighted by atomic mass is 79.9. The van der Waals surface area contributed by atoms with Crippen molar-refractivity contribution >= 4 is 31.9 Å². The highest BCUT2D eigenvalue weighted by molar-refractivity contribution is 9.11. The number of hydrogen-bond donors (Lipinski definition) is 1. The highest BCUT2D eigenvalue weighted by Crippen LogP contribution is 2.20. The Morgan fingerprint density at radius 1 is 1.20 bits per heavy atom. The number of hydrogen-bond acceptors (Lipinski definition) is 2. The van der Waals surface area contributed by atoms with Gasteiger partial charge in [-0.15, -0.1) is 0 Å². The molecule has 1 rings (SSSR count). The van der Waals surface area contributed by atoms with Gasteiger partial charge >= 0.3 is 0 Å². The largest absolute Gasteiger partial charge is 0.318 e. The molecule has 15 heavy (non-hydrogen) atoms. The highest BCUT2D eigenvalue weighted by Gasteiger charge is 2.01. The fourth-order valence-corrected chi connectivity index (χ4v) is 2.78. The lowest BCUT2D eigenvalue weighted by Gasteiger charge is -2.16. The van der Waals surface area contributed by atoms with Crippen LogP contribution in [0.5, 0.6) is 0 Å². The lowest BCUT2D eigenvalue weighted by Crippen LogP contribution is -2.26. The number of benzene rings is 1. The van der Waals surface area contributed by atoms with Gasteiger partial charge in [-0.3, -0.25) is 0 Å². The third-order valence-corrected chi connectivity index (χ3v) is 3.03. The van der Waals surface area contributed by atoms with Crippen LogP contribution in [0.2, 0.25) is 0 Å². The summed E-state index contributed by atoms with van der Waals surface area (Å²) in [4.78, 5) is 2.30. The monoisotopic (exact) mass is 334 g/mol. The Labute approximate surface area is 108 Å². The summed E-state index contributed by atoms with van der Waals surface area (Å²) in [5.41, 5.74) is 1.31. The van der Waals surface area contributed by atoms with E-state index in [4.69, 9.17) is 0 Å². The van der Waals surface area contributed by atoms with E-state index >= 15 is 0 Å². The molecule has 0 saturated heterocycles. The van der Waals surface area contributed by atoms with E-state index in [2.05, 4.69) is 67.3 Å². The zero-order valence-electron chi connectivity index (χ0n) is 9.06. The fourth-order valence-electron chi connectivity index (χ4n) is 1.40. The number of likely N-dealkylation sites (N-methyl/N-ethyl adjacent to an activating group) is 2. The second kappa shape index (κ2) is 6.63. The van der Waals surface area contributed by atoms with Crippen molar-refractivity contribution in [1.82, 2.24) is 10.2 Å². The van der Waals surface area contributed by atoms with Crippen LogP contribution >= 0.6 is 31.9 Å². The predicted octanol–water partition coefficient (Wildman–Crippen LogP) is 2.86. The maximum Gasteiger partial charge on any atom is 0.0232 e. The molecule has 0 unspecified atom stereocenters. The molecule has 2 nitrogen and oxygen atoms in total. The second-order valence-corrected chi connectivity index (χ2v) is 5.45. The molecule has 0 heterocycles. The Morgan fingerprint density at radius 2 is 1.80 bits per heavy atom. The molecule has 0 radical (unpaired) electrons. The molecule has 1 aromatic carbocycles. The van der Waals surface area contributed by atoms with E-state index in [1.54, 1.807) is 0 Å². The van der Waals surface area contributed by atoms with E-state index in [0.717, 1.165) is 28.6 Å². The molecule has 0 bridgehead atoms. The summed E-state index contributed by atoms with van der Waals surface area (Å²) in [7, 11) is 4.11. The van der Waals surface area contributed by atoms with Crippen LogP contribution in [-0.2, 0) is 6.54 Å². The van der Waals surface area contributed by atoms with Gasteiger partial charge in [0.1, 0.15) is 0 Å². The van der Waals surface area contributed by atoms with Crippen LogP contribution in [0.3, 0.4) is 0 Å². The summed E-state index contributed by atoms with van der Waals surface area (Å²) in [5, 5.41) is 3.15. The molecular weight excluding hydrogens is 320 g/mol. The van der Waals surface area contributed by atoms with Crippen molar-refractivity contribution in [3.63, 3.8) is 0 Å². The Bertz CT molecular complexity index is 295. The van der Waals surface area contributed by atoms with Crippen LogP contribution in [0.4, 0.5) is 0 Å². The molecule has 0 amide bonds. The third kappa shape index (κ3) is 5.11. The van der Waals surface area contributed by atoms with Crippen LogP contribution < -0.4 is 5.32 Å². The van der Waals surface area contributed by atoms with Gasteiger partial charge in [-0.25, -0.2) is 0 Å². The summed E-state index contributed by atoms with van der Waals surface area (Å²) < 4.78 is 2.24. The minimum Gasteiger partial charge on any atom is -0.318 e. The van der Waals surface area contributed by atoms with E-state index in [1.807, 2.05) is 7.05 Å². The number of nitrogens with zero attached hydrogens (tertiary/aromatic N) is 1. The average Bonchev–Trinajstić information content (AvgIpc) is 2.13. The van der Waals surface area contributed by atoms with E-state index < -0.39 is 0 Å². The first-order chi connectivity index (χ1) is 7.11. The molecule has 0 saturated carbocycles. The topological polar surface area (TPSA) is 15.3 Å². The standard InChI is InChI=1S/C11H16Br2N2/c1-14-3-4-15(2)8-9-5-10(12)7-11(13)6-9/h5-7,14H,3-4,8H2,1-2H3. The molecule has 1 aromatic rings. The Morgan fingerprint density at radius 3 is 2.33 bits per heavy atom. The summed E-state index contributed by atoms with van der Waals surface area (Å²) >= 11 is 6.99. The van der Waals surface area contributed by atoms with Crippen molar-refractivity contribution in [2.75, 3.05) is 27.2 Å². The van der Waals surface area contributed by atoms with E-state index in [-0.39, 0.29) is 0 Å². The minimum absolute atomic E-state index is 0.972. The first-order valence-corrected chi connectivity index (χ1v) is 6.48. The van der Waals surface area contributed by atoms with Crippen molar-refractivity contribution < 1.29 is 0 Å². The second-order valence-electron chi connectivity index (χ2n) is 3.62. The lowest BCUT2D eigenvalue weighted by molar-refractivity contribution is 0.328. The van der Waals surface area contributed by atoms with Gasteiger partial charge in [-0.05, 0) is 37.9 Å². The summed E-state index contributed by atoms with van der Waals surface area (Å²) in [6.45, 7) is 3.05. The molecule has 0 fully saturated rings. The van der Waals surface area contributed by atoms with Crippen LogP contribution in [0.25, 0.3) is 0 Å². The van der Waals surface area contributed by atoms with Crippen molar-refractivity contribution in [2.24, 2.45) is 0 Å². The maximum absolute atomic E-state index is 3.49. The van der Waals surface area contributed by atoms with Crippen LogP contribution in [-0.4, -0.2) is 32.1 Å². The van der Waals surface area contributed by atoms with Crippen molar-refractivity contribution in [3.8, 4) is 0 Å². The minimum atomic E-state index is 0.972. The van der Waals surface area contributed by atoms with Gasteiger partial charge in [0, 0.05) is 28.6 Å². The molecule has 0 aromatic heterocycles. The first kappa shape index (κ1) is 13.2. The van der Waals surface area contributed by atoms with Gasteiger partial charge < -0.3 is 10.2 Å². The fraction of sp³-hybridized carbons (Fsp3) is 0.455. The average molecular weight is 336 g/mol. The van der Waals surface area contributed by atoms with E-state index in [1.165, 1.54) is 5.56 Å². The number of rotatable bonds is 5. The van der Waals surface area contributed by atoms with Gasteiger partial charge in [0.15, 0.2) is 0 Å². The van der Waals surface area contributed by atoms with Gasteiger partial charge in [0.2, 0.25) is 0 Å². The first-order valence-electron chi connectivity index (χ1n) is 4.90. The summed E-state index contributed by atoms with van der Waals surface area (Å²) in [5.74, 6) is 0. The van der Waals surface area contributed by atoms with E-state index in [0.29, 0.717) is 0 Å². The zero-order valence-corrected chi connectivity index (χ0v) is 12.2. The van der Waals surface area contributed by atoms with Crippen LogP contribution in [0, 0.1) is 0 Å². The van der Waals surface area contributed by atoms with Crippen molar-refractivity contribution in [1.29, 1.82) is 0 Å². The Balaban J connectivity index is 2.56. The Kier molecular flexibility index (Phi) is 5.82. The van der Waals surface area contributed by atoms with Gasteiger partial charge in [0.05, 0.1) is 0 Å². The molecule has 0 spiro atoms. The van der Waals surface area contributed by atoms with Gasteiger partial charge in [0.25, 0.3) is 0 Å². The number of halogens is 2. The van der Waals surface area contributed by atoms with Crippen LogP contribution in [0.1, 0.15) is 5.56 Å². The smallest absolute Gasteiger partial charge is 0.0232 e. The molecular formula is C11H16Br2N2. The molecule has 0 aliphatic carbocycles. The predicted molar refractivity (Wildman–Crippen MR) is 72.1 cm³/mol. The summed E-state index contributed by atoms with van der Waals surface area (Å²) in [6.07, 6.45) is 0. The van der Waals surface area contributed by atoms with Gasteiger partial charge in [-0.2, -0.15) is 0 Å². The normalized spacial score (nSPS) is 11.0. The quantitative estimate of drug-likeness (QED) is 0.890. The molecule has 84 valence electrons. The molecule has 4 heteroatoms. The maximum atomic E-state index is 3.49. The van der Waals surface area contributed by atoms with Crippen molar-refractivity contribution in [2.45, 2.75) is 6.54 Å². The molecule has 0 aliphatic heterocycles. The van der Waals surface area contributed by atoms with Crippen molar-refractivity contribution in [3.05, 3.63) is 32.7 Å². The zero-order chi connectivity index (χ0) is 11.3. The number of nitrogens with one attached hydrogen (secondary N) is 1. The Hall–Kier alpha value is 0.1000. The van der Waals surface area contributed by atoms with E-state index in [9.17, 15) is 0 Å². The molecule has 0 atom stereocenters. The third-order valence-electron chi connectivity index (χ3n) is 2.12. The molecule has 1 N–H and O–H groups in total. The van der Waals surface area contributed by atoms with Gasteiger partial charge in [-0.1, -0.05) is 31.9 Å². The summed E-state index contributed by atoms with van der Waals surface area (Å²) in [6, 6.07) is 6.36. The molecule has 0 aliphatic rings. The van der Waals surface area contributed by atoms with Crippen LogP contribution in [0.15, 0.2) is 27.1 Å². The SMILES string of the molecule is CNCCN(C)Cc1cc(Br)cc(Br)c1.